The summed E-state index contributed by atoms with van der Waals surface area (Å²) in [5.41, 5.74) is 0.0305. The van der Waals surface area contributed by atoms with Gasteiger partial charge in [-0.3, -0.25) is 0 Å². The molecular formula is C17H33NO. The summed E-state index contributed by atoms with van der Waals surface area (Å²) in [4.78, 5) is 0. The van der Waals surface area contributed by atoms with Crippen LogP contribution in [0.15, 0.2) is 0 Å². The third-order valence-electron chi connectivity index (χ3n) is 5.14. The number of aliphatic hydroxyl groups is 1. The van der Waals surface area contributed by atoms with E-state index in [-0.39, 0.29) is 0 Å². The monoisotopic (exact) mass is 267 g/mol. The zero-order valence-electron chi connectivity index (χ0n) is 13.2. The van der Waals surface area contributed by atoms with E-state index in [4.69, 9.17) is 0 Å². The molecule has 0 aliphatic heterocycles. The molecule has 0 saturated heterocycles. The van der Waals surface area contributed by atoms with Crippen LogP contribution in [0.1, 0.15) is 78.6 Å². The molecular weight excluding hydrogens is 234 g/mol. The first-order chi connectivity index (χ1) is 8.89. The van der Waals surface area contributed by atoms with Crippen molar-refractivity contribution >= 4 is 0 Å². The predicted molar refractivity (Wildman–Crippen MR) is 81.2 cm³/mol. The molecule has 2 N–H and O–H groups in total. The Bertz CT molecular complexity index is 279. The SMILES string of the molecule is CC1CC(NCC2(O)CCCCCC2)CC(C)(C)C1. The molecule has 2 saturated carbocycles. The van der Waals surface area contributed by atoms with Crippen molar-refractivity contribution in [1.29, 1.82) is 0 Å². The maximum absolute atomic E-state index is 10.7. The van der Waals surface area contributed by atoms with Crippen LogP contribution in [-0.4, -0.2) is 23.3 Å². The Hall–Kier alpha value is -0.0800. The lowest BCUT2D eigenvalue weighted by Crippen LogP contribution is -2.47. The van der Waals surface area contributed by atoms with Crippen molar-refractivity contribution < 1.29 is 5.11 Å². The number of nitrogens with one attached hydrogen (secondary N) is 1. The molecule has 2 atom stereocenters. The lowest BCUT2D eigenvalue weighted by Gasteiger charge is -2.40. The standard InChI is InChI=1S/C17H33NO/c1-14-10-15(12-16(2,3)11-14)18-13-17(19)8-6-4-5-7-9-17/h14-15,18-19H,4-13H2,1-3H3. The van der Waals surface area contributed by atoms with Crippen molar-refractivity contribution in [1.82, 2.24) is 5.32 Å². The highest BCUT2D eigenvalue weighted by Gasteiger charge is 2.34. The van der Waals surface area contributed by atoms with Gasteiger partial charge in [-0.05, 0) is 43.4 Å². The van der Waals surface area contributed by atoms with Gasteiger partial charge in [0, 0.05) is 12.6 Å². The fraction of sp³-hybridized carbons (Fsp3) is 1.00. The third kappa shape index (κ3) is 4.75. The second kappa shape index (κ2) is 6.13. The second-order valence-corrected chi connectivity index (χ2v) is 8.13. The summed E-state index contributed by atoms with van der Waals surface area (Å²) < 4.78 is 0. The summed E-state index contributed by atoms with van der Waals surface area (Å²) in [6, 6.07) is 0.603. The van der Waals surface area contributed by atoms with E-state index in [0.29, 0.717) is 11.5 Å². The molecule has 2 fully saturated rings. The minimum absolute atomic E-state index is 0.429. The zero-order chi connectivity index (χ0) is 13.9. The van der Waals surface area contributed by atoms with Crippen LogP contribution in [0.2, 0.25) is 0 Å². The highest BCUT2D eigenvalue weighted by atomic mass is 16.3. The Balaban J connectivity index is 1.83. The van der Waals surface area contributed by atoms with Gasteiger partial charge in [0.25, 0.3) is 0 Å². The van der Waals surface area contributed by atoms with Crippen molar-refractivity contribution in [2.75, 3.05) is 6.54 Å². The van der Waals surface area contributed by atoms with Gasteiger partial charge in [0.1, 0.15) is 0 Å². The van der Waals surface area contributed by atoms with Crippen LogP contribution in [0.4, 0.5) is 0 Å². The first-order valence-corrected chi connectivity index (χ1v) is 8.34. The van der Waals surface area contributed by atoms with Crippen molar-refractivity contribution in [3.63, 3.8) is 0 Å². The Morgan fingerprint density at radius 2 is 1.68 bits per heavy atom. The van der Waals surface area contributed by atoms with Gasteiger partial charge in [0.05, 0.1) is 5.60 Å². The summed E-state index contributed by atoms with van der Waals surface area (Å²) in [6.07, 6.45) is 10.9. The fourth-order valence-electron chi connectivity index (χ4n) is 4.40. The first-order valence-electron chi connectivity index (χ1n) is 8.34. The Morgan fingerprint density at radius 3 is 2.26 bits per heavy atom. The van der Waals surface area contributed by atoms with Crippen LogP contribution >= 0.6 is 0 Å². The summed E-state index contributed by atoms with van der Waals surface area (Å²) in [5, 5.41) is 14.4. The van der Waals surface area contributed by atoms with Gasteiger partial charge >= 0.3 is 0 Å². The van der Waals surface area contributed by atoms with Gasteiger partial charge in [0.2, 0.25) is 0 Å². The molecule has 0 spiro atoms. The van der Waals surface area contributed by atoms with Crippen molar-refractivity contribution in [2.45, 2.75) is 90.2 Å². The molecule has 19 heavy (non-hydrogen) atoms. The van der Waals surface area contributed by atoms with Crippen LogP contribution in [0.5, 0.6) is 0 Å². The average molecular weight is 267 g/mol. The number of hydrogen-bond donors (Lipinski definition) is 2. The smallest absolute Gasteiger partial charge is 0.0771 e. The van der Waals surface area contributed by atoms with Crippen molar-refractivity contribution in [2.24, 2.45) is 11.3 Å². The molecule has 0 aromatic rings. The van der Waals surface area contributed by atoms with Gasteiger partial charge in [-0.2, -0.15) is 0 Å². The molecule has 0 heterocycles. The lowest BCUT2D eigenvalue weighted by molar-refractivity contribution is 0.0173. The third-order valence-corrected chi connectivity index (χ3v) is 5.14. The Labute approximate surface area is 119 Å². The number of rotatable bonds is 3. The summed E-state index contributed by atoms with van der Waals surface area (Å²) in [7, 11) is 0. The van der Waals surface area contributed by atoms with Crippen molar-refractivity contribution in [3.05, 3.63) is 0 Å². The van der Waals surface area contributed by atoms with Gasteiger partial charge in [0.15, 0.2) is 0 Å². The van der Waals surface area contributed by atoms with Crippen molar-refractivity contribution in [3.8, 4) is 0 Å². The minimum Gasteiger partial charge on any atom is -0.389 e. The van der Waals surface area contributed by atoms with Crippen LogP contribution in [0.3, 0.4) is 0 Å². The number of hydrogen-bond acceptors (Lipinski definition) is 2. The Morgan fingerprint density at radius 1 is 1.05 bits per heavy atom. The topological polar surface area (TPSA) is 32.3 Å². The van der Waals surface area contributed by atoms with Gasteiger partial charge in [-0.15, -0.1) is 0 Å². The molecule has 2 unspecified atom stereocenters. The summed E-state index contributed by atoms with van der Waals surface area (Å²) in [5.74, 6) is 0.810. The lowest BCUT2D eigenvalue weighted by atomic mass is 9.70. The normalized spacial score (nSPS) is 34.7. The molecule has 0 amide bonds. The zero-order valence-corrected chi connectivity index (χ0v) is 13.2. The van der Waals surface area contributed by atoms with E-state index in [1.54, 1.807) is 0 Å². The van der Waals surface area contributed by atoms with E-state index in [1.807, 2.05) is 0 Å². The molecule has 2 heteroatoms. The summed E-state index contributed by atoms with van der Waals surface area (Å²) >= 11 is 0. The highest BCUT2D eigenvalue weighted by Crippen LogP contribution is 2.38. The molecule has 0 aromatic heterocycles. The molecule has 2 aliphatic rings. The predicted octanol–water partition coefficient (Wildman–Crippen LogP) is 3.88. The molecule has 0 bridgehead atoms. The fourth-order valence-corrected chi connectivity index (χ4v) is 4.40. The molecule has 112 valence electrons. The van der Waals surface area contributed by atoms with Gasteiger partial charge in [-0.25, -0.2) is 0 Å². The van der Waals surface area contributed by atoms with Crippen LogP contribution < -0.4 is 5.32 Å². The van der Waals surface area contributed by atoms with Gasteiger partial charge < -0.3 is 10.4 Å². The highest BCUT2D eigenvalue weighted by molar-refractivity contribution is 4.90. The largest absolute Gasteiger partial charge is 0.389 e. The minimum atomic E-state index is -0.429. The van der Waals surface area contributed by atoms with E-state index in [9.17, 15) is 5.11 Å². The first kappa shape index (κ1) is 15.3. The van der Waals surface area contributed by atoms with Crippen LogP contribution in [0.25, 0.3) is 0 Å². The molecule has 0 aromatic carbocycles. The quantitative estimate of drug-likeness (QED) is 0.761. The second-order valence-electron chi connectivity index (χ2n) is 8.13. The molecule has 0 radical (unpaired) electrons. The summed E-state index contributed by atoms with van der Waals surface area (Å²) in [6.45, 7) is 7.95. The molecule has 2 nitrogen and oxygen atoms in total. The van der Waals surface area contributed by atoms with E-state index < -0.39 is 5.60 Å². The van der Waals surface area contributed by atoms with E-state index in [2.05, 4.69) is 26.1 Å². The Kier molecular flexibility index (Phi) is 4.94. The van der Waals surface area contributed by atoms with E-state index in [0.717, 1.165) is 25.3 Å². The van der Waals surface area contributed by atoms with Crippen LogP contribution in [0, 0.1) is 11.3 Å². The molecule has 2 rings (SSSR count). The average Bonchev–Trinajstić information content (AvgIpc) is 2.50. The molecule has 2 aliphatic carbocycles. The van der Waals surface area contributed by atoms with E-state index >= 15 is 0 Å². The maximum atomic E-state index is 10.7. The van der Waals surface area contributed by atoms with Crippen LogP contribution in [-0.2, 0) is 0 Å². The van der Waals surface area contributed by atoms with E-state index in [1.165, 1.54) is 44.9 Å². The maximum Gasteiger partial charge on any atom is 0.0771 e. The van der Waals surface area contributed by atoms with Gasteiger partial charge in [-0.1, -0.05) is 46.5 Å².